The molecule has 38 heavy (non-hydrogen) atoms. The van der Waals surface area contributed by atoms with Crippen LogP contribution in [-0.2, 0) is 36.5 Å². The van der Waals surface area contributed by atoms with Gasteiger partial charge in [-0.05, 0) is 72.9 Å². The lowest BCUT2D eigenvalue weighted by Gasteiger charge is -2.20. The minimum Gasteiger partial charge on any atom is -0.481 e. The number of anilines is 1. The number of alkyl halides is 2. The van der Waals surface area contributed by atoms with Crippen LogP contribution >= 0.6 is 15.9 Å². The molecule has 1 atom stereocenters. The molecule has 1 saturated carbocycles. The zero-order chi connectivity index (χ0) is 26.9. The van der Waals surface area contributed by atoms with Crippen LogP contribution in [0.25, 0.3) is 0 Å². The summed E-state index contributed by atoms with van der Waals surface area (Å²) in [6.07, 6.45) is 1.43. The van der Waals surface area contributed by atoms with Crippen LogP contribution in [0.5, 0.6) is 5.88 Å². The molecule has 5 rings (SSSR count). The van der Waals surface area contributed by atoms with Gasteiger partial charge in [-0.25, -0.2) is 18.4 Å². The van der Waals surface area contributed by atoms with E-state index in [1.54, 1.807) is 23.9 Å². The minimum absolute atomic E-state index is 0.137. The lowest BCUT2D eigenvalue weighted by atomic mass is 9.87. The molecule has 202 valence electrons. The van der Waals surface area contributed by atoms with Crippen molar-refractivity contribution in [2.75, 3.05) is 18.5 Å². The van der Waals surface area contributed by atoms with Gasteiger partial charge >= 0.3 is 5.97 Å². The van der Waals surface area contributed by atoms with Crippen molar-refractivity contribution in [1.82, 2.24) is 14.8 Å². The third kappa shape index (κ3) is 5.85. The predicted molar refractivity (Wildman–Crippen MR) is 143 cm³/mol. The highest BCUT2D eigenvalue weighted by atomic mass is 79.9. The van der Waals surface area contributed by atoms with Crippen molar-refractivity contribution >= 4 is 27.7 Å². The van der Waals surface area contributed by atoms with E-state index in [0.717, 1.165) is 30.9 Å². The molecule has 0 saturated heterocycles. The number of rotatable bonds is 11. The Morgan fingerprint density at radius 1 is 1.24 bits per heavy atom. The zero-order valence-electron chi connectivity index (χ0n) is 21.2. The maximum absolute atomic E-state index is 13.8. The fourth-order valence-electron chi connectivity index (χ4n) is 5.18. The second-order valence-corrected chi connectivity index (χ2v) is 11.2. The van der Waals surface area contributed by atoms with Crippen LogP contribution in [0.3, 0.4) is 0 Å². The number of benzene rings is 1. The number of nitrogens with zero attached hydrogens (tertiary/aromatic N) is 3. The summed E-state index contributed by atoms with van der Waals surface area (Å²) < 4.78 is 35.8. The van der Waals surface area contributed by atoms with E-state index >= 15 is 0 Å². The summed E-state index contributed by atoms with van der Waals surface area (Å²) in [7, 11) is 1.78. The maximum atomic E-state index is 13.8. The fraction of sp³-hybridized carbons (Fsp3) is 0.464. The number of ether oxygens (including phenoxy) is 1. The van der Waals surface area contributed by atoms with Crippen molar-refractivity contribution < 1.29 is 23.4 Å². The SMILES string of the molecule is Cn1nc(CC(CC(=O)O)c2cc(Br)cc(C3(C(F)F)CC3)c2)cc1OCCc1ccc2c(n1)NCCC2. The van der Waals surface area contributed by atoms with Gasteiger partial charge in [0.1, 0.15) is 5.82 Å². The molecule has 10 heteroatoms. The first-order valence-electron chi connectivity index (χ1n) is 12.9. The van der Waals surface area contributed by atoms with Gasteiger partial charge < -0.3 is 15.2 Å². The fourth-order valence-corrected chi connectivity index (χ4v) is 5.69. The Morgan fingerprint density at radius 3 is 2.79 bits per heavy atom. The Bertz CT molecular complexity index is 1330. The molecule has 1 aliphatic heterocycles. The van der Waals surface area contributed by atoms with Gasteiger partial charge in [-0.15, -0.1) is 0 Å². The molecule has 0 spiro atoms. The lowest BCUT2D eigenvalue weighted by Crippen LogP contribution is -2.18. The summed E-state index contributed by atoms with van der Waals surface area (Å²) in [6.45, 7) is 1.36. The van der Waals surface area contributed by atoms with Gasteiger partial charge in [-0.2, -0.15) is 5.10 Å². The summed E-state index contributed by atoms with van der Waals surface area (Å²) in [4.78, 5) is 16.4. The monoisotopic (exact) mass is 588 g/mol. The van der Waals surface area contributed by atoms with Crippen LogP contribution in [0.1, 0.15) is 59.7 Å². The molecule has 1 aliphatic carbocycles. The average Bonchev–Trinajstić information content (AvgIpc) is 3.63. The number of aromatic nitrogens is 3. The van der Waals surface area contributed by atoms with Crippen molar-refractivity contribution in [1.29, 1.82) is 0 Å². The van der Waals surface area contributed by atoms with E-state index in [0.29, 0.717) is 59.5 Å². The van der Waals surface area contributed by atoms with Crippen molar-refractivity contribution in [2.24, 2.45) is 7.05 Å². The molecule has 3 heterocycles. The molecule has 0 bridgehead atoms. The lowest BCUT2D eigenvalue weighted by molar-refractivity contribution is -0.137. The first-order chi connectivity index (χ1) is 18.2. The Kier molecular flexibility index (Phi) is 7.70. The Morgan fingerprint density at radius 2 is 2.05 bits per heavy atom. The number of carbonyl (C=O) groups is 1. The number of aliphatic carboxylic acids is 1. The van der Waals surface area contributed by atoms with E-state index in [4.69, 9.17) is 9.72 Å². The van der Waals surface area contributed by atoms with E-state index < -0.39 is 23.7 Å². The smallest absolute Gasteiger partial charge is 0.303 e. The standard InChI is InChI=1S/C28H31BrF2N4O3/c1-35-24(38-10-6-22-5-4-17-3-2-9-32-26(17)33-22)16-23(34-35)13-19(14-25(36)37)18-11-20(15-21(29)12-18)28(7-8-28)27(30)31/h4-5,11-12,15-16,19,27H,2-3,6-10,13-14H2,1H3,(H,32,33)(H,36,37). The van der Waals surface area contributed by atoms with Crippen molar-refractivity contribution in [3.05, 3.63) is 68.9 Å². The highest BCUT2D eigenvalue weighted by molar-refractivity contribution is 9.10. The highest BCUT2D eigenvalue weighted by Crippen LogP contribution is 2.53. The zero-order valence-corrected chi connectivity index (χ0v) is 22.8. The largest absolute Gasteiger partial charge is 0.481 e. The molecule has 1 unspecified atom stereocenters. The molecular weight excluding hydrogens is 558 g/mol. The van der Waals surface area contributed by atoms with Crippen LogP contribution in [-0.4, -0.2) is 45.4 Å². The summed E-state index contributed by atoms with van der Waals surface area (Å²) in [5.74, 6) is 0.158. The van der Waals surface area contributed by atoms with Gasteiger partial charge in [0.15, 0.2) is 0 Å². The molecule has 7 nitrogen and oxygen atoms in total. The third-order valence-electron chi connectivity index (χ3n) is 7.50. The molecule has 0 amide bonds. The van der Waals surface area contributed by atoms with Gasteiger partial charge in [0.25, 0.3) is 0 Å². The quantitative estimate of drug-likeness (QED) is 0.301. The van der Waals surface area contributed by atoms with E-state index in [1.165, 1.54) is 5.56 Å². The van der Waals surface area contributed by atoms with Gasteiger partial charge in [0, 0.05) is 36.2 Å². The molecule has 1 aromatic carbocycles. The Labute approximate surface area is 228 Å². The van der Waals surface area contributed by atoms with Crippen LogP contribution < -0.4 is 10.1 Å². The first kappa shape index (κ1) is 26.6. The normalized spacial score (nSPS) is 16.6. The molecule has 2 aliphatic rings. The number of nitrogens with one attached hydrogen (secondary N) is 1. The van der Waals surface area contributed by atoms with Gasteiger partial charge in [0.05, 0.1) is 24.1 Å². The predicted octanol–water partition coefficient (Wildman–Crippen LogP) is 5.65. The molecule has 3 aromatic rings. The van der Waals surface area contributed by atoms with E-state index in [2.05, 4.69) is 32.4 Å². The van der Waals surface area contributed by atoms with Gasteiger partial charge in [-0.3, -0.25) is 4.79 Å². The summed E-state index contributed by atoms with van der Waals surface area (Å²) in [5.41, 5.74) is 3.02. The highest BCUT2D eigenvalue weighted by Gasteiger charge is 2.52. The van der Waals surface area contributed by atoms with Gasteiger partial charge in [-0.1, -0.05) is 28.1 Å². The average molecular weight is 589 g/mol. The summed E-state index contributed by atoms with van der Waals surface area (Å²) >= 11 is 3.44. The Balaban J connectivity index is 1.28. The number of halogens is 3. The maximum Gasteiger partial charge on any atom is 0.303 e. The molecular formula is C28H31BrF2N4O3. The summed E-state index contributed by atoms with van der Waals surface area (Å²) in [6, 6.07) is 11.3. The second-order valence-electron chi connectivity index (χ2n) is 10.3. The topological polar surface area (TPSA) is 89.3 Å². The summed E-state index contributed by atoms with van der Waals surface area (Å²) in [5, 5.41) is 17.5. The Hall–Kier alpha value is -3.01. The van der Waals surface area contributed by atoms with Gasteiger partial charge in [0.2, 0.25) is 12.3 Å². The minimum atomic E-state index is -2.45. The van der Waals surface area contributed by atoms with E-state index in [-0.39, 0.29) is 6.42 Å². The number of carboxylic acid groups (broad SMARTS) is 1. The van der Waals surface area contributed by atoms with Crippen molar-refractivity contribution in [2.45, 2.75) is 62.7 Å². The number of aryl methyl sites for hydroxylation is 2. The molecule has 2 aromatic heterocycles. The van der Waals surface area contributed by atoms with Crippen molar-refractivity contribution in [3.8, 4) is 5.88 Å². The molecule has 0 radical (unpaired) electrons. The van der Waals surface area contributed by atoms with Crippen LogP contribution in [0.15, 0.2) is 40.9 Å². The van der Waals surface area contributed by atoms with Crippen LogP contribution in [0.4, 0.5) is 14.6 Å². The number of hydrogen-bond acceptors (Lipinski definition) is 5. The number of hydrogen-bond donors (Lipinski definition) is 2. The van der Waals surface area contributed by atoms with Crippen LogP contribution in [0.2, 0.25) is 0 Å². The number of pyridine rings is 1. The third-order valence-corrected chi connectivity index (χ3v) is 7.95. The number of fused-ring (bicyclic) bond motifs is 1. The van der Waals surface area contributed by atoms with E-state index in [9.17, 15) is 18.7 Å². The first-order valence-corrected chi connectivity index (χ1v) is 13.7. The van der Waals surface area contributed by atoms with E-state index in [1.807, 2.05) is 18.2 Å². The van der Waals surface area contributed by atoms with Crippen LogP contribution in [0, 0.1) is 0 Å². The van der Waals surface area contributed by atoms with Crippen molar-refractivity contribution in [3.63, 3.8) is 0 Å². The number of carboxylic acids is 1. The molecule has 1 fully saturated rings. The molecule has 2 N–H and O–H groups in total. The second kappa shape index (κ2) is 11.0.